The van der Waals surface area contributed by atoms with Crippen LogP contribution in [0.1, 0.15) is 11.1 Å². The lowest BCUT2D eigenvalue weighted by molar-refractivity contribution is 0.410. The van der Waals surface area contributed by atoms with Crippen LogP contribution in [0.15, 0.2) is 23.8 Å². The zero-order valence-electron chi connectivity index (χ0n) is 8.63. The minimum Gasteiger partial charge on any atom is -0.496 e. The Morgan fingerprint density at radius 1 is 1.43 bits per heavy atom. The van der Waals surface area contributed by atoms with E-state index >= 15 is 0 Å². The van der Waals surface area contributed by atoms with E-state index in [4.69, 9.17) is 4.74 Å². The van der Waals surface area contributed by atoms with Crippen molar-refractivity contribution in [2.45, 2.75) is 6.42 Å². The van der Waals surface area contributed by atoms with Crippen LogP contribution in [-0.2, 0) is 6.42 Å². The van der Waals surface area contributed by atoms with Crippen LogP contribution in [0.5, 0.6) is 5.75 Å². The fourth-order valence-corrected chi connectivity index (χ4v) is 1.94. The van der Waals surface area contributed by atoms with Crippen LogP contribution in [0.4, 0.5) is 0 Å². The SMILES string of the molecule is CNCC1=Cc2cccc(OC)c2C1. The molecule has 0 bridgehead atoms. The van der Waals surface area contributed by atoms with E-state index < -0.39 is 0 Å². The molecule has 0 saturated carbocycles. The highest BCUT2D eigenvalue weighted by molar-refractivity contribution is 5.67. The Bertz CT molecular complexity index is 369. The summed E-state index contributed by atoms with van der Waals surface area (Å²) in [6.45, 7) is 0.956. The van der Waals surface area contributed by atoms with Gasteiger partial charge in [-0.1, -0.05) is 23.8 Å². The van der Waals surface area contributed by atoms with Crippen molar-refractivity contribution in [3.8, 4) is 5.75 Å². The number of likely N-dealkylation sites (N-methyl/N-ethyl adjacent to an activating group) is 1. The third kappa shape index (κ3) is 1.53. The molecule has 0 unspecified atom stereocenters. The molecule has 2 rings (SSSR count). The molecule has 0 radical (unpaired) electrons. The van der Waals surface area contributed by atoms with Crippen molar-refractivity contribution in [3.63, 3.8) is 0 Å². The van der Waals surface area contributed by atoms with E-state index in [1.54, 1.807) is 7.11 Å². The van der Waals surface area contributed by atoms with E-state index in [0.29, 0.717) is 0 Å². The lowest BCUT2D eigenvalue weighted by Crippen LogP contribution is -2.10. The number of ether oxygens (including phenoxy) is 1. The number of nitrogens with one attached hydrogen (secondary N) is 1. The van der Waals surface area contributed by atoms with Gasteiger partial charge in [0.2, 0.25) is 0 Å². The van der Waals surface area contributed by atoms with Gasteiger partial charge in [-0.05, 0) is 25.1 Å². The van der Waals surface area contributed by atoms with Crippen LogP contribution in [0.2, 0.25) is 0 Å². The average Bonchev–Trinajstić information content (AvgIpc) is 2.60. The summed E-state index contributed by atoms with van der Waals surface area (Å²) in [7, 11) is 3.70. The molecule has 0 aromatic heterocycles. The molecular formula is C12H15NO. The van der Waals surface area contributed by atoms with Crippen LogP contribution >= 0.6 is 0 Å². The highest BCUT2D eigenvalue weighted by Crippen LogP contribution is 2.31. The Kier molecular flexibility index (Phi) is 2.55. The first-order chi connectivity index (χ1) is 6.85. The molecule has 0 spiro atoms. The van der Waals surface area contributed by atoms with Gasteiger partial charge in [-0.3, -0.25) is 0 Å². The molecule has 0 heterocycles. The average molecular weight is 189 g/mol. The first-order valence-electron chi connectivity index (χ1n) is 4.85. The third-order valence-corrected chi connectivity index (χ3v) is 2.56. The molecule has 0 atom stereocenters. The van der Waals surface area contributed by atoms with Gasteiger partial charge in [0.05, 0.1) is 7.11 Å². The third-order valence-electron chi connectivity index (χ3n) is 2.56. The molecule has 0 aliphatic heterocycles. The van der Waals surface area contributed by atoms with Gasteiger partial charge in [0.1, 0.15) is 5.75 Å². The molecule has 0 fully saturated rings. The Balaban J connectivity index is 2.29. The minimum atomic E-state index is 0.956. The van der Waals surface area contributed by atoms with Gasteiger partial charge in [-0.2, -0.15) is 0 Å². The van der Waals surface area contributed by atoms with Gasteiger partial charge in [0.15, 0.2) is 0 Å². The molecule has 0 amide bonds. The molecule has 2 nitrogen and oxygen atoms in total. The van der Waals surface area contributed by atoms with Crippen LogP contribution < -0.4 is 10.1 Å². The summed E-state index contributed by atoms with van der Waals surface area (Å²) in [5, 5.41) is 3.17. The lowest BCUT2D eigenvalue weighted by atomic mass is 10.1. The van der Waals surface area contributed by atoms with Gasteiger partial charge in [-0.15, -0.1) is 0 Å². The summed E-state index contributed by atoms with van der Waals surface area (Å²) in [4.78, 5) is 0. The van der Waals surface area contributed by atoms with Crippen LogP contribution in [0.3, 0.4) is 0 Å². The quantitative estimate of drug-likeness (QED) is 0.783. The van der Waals surface area contributed by atoms with Crippen LogP contribution in [0.25, 0.3) is 6.08 Å². The fourth-order valence-electron chi connectivity index (χ4n) is 1.94. The summed E-state index contributed by atoms with van der Waals surface area (Å²) < 4.78 is 5.33. The second kappa shape index (κ2) is 3.84. The Hall–Kier alpha value is -1.28. The van der Waals surface area contributed by atoms with Gasteiger partial charge < -0.3 is 10.1 Å². The topological polar surface area (TPSA) is 21.3 Å². The zero-order valence-corrected chi connectivity index (χ0v) is 8.63. The second-order valence-corrected chi connectivity index (χ2v) is 3.54. The van der Waals surface area contributed by atoms with Crippen molar-refractivity contribution in [2.75, 3.05) is 20.7 Å². The Labute approximate surface area is 84.6 Å². The first-order valence-corrected chi connectivity index (χ1v) is 4.85. The van der Waals surface area contributed by atoms with Crippen molar-refractivity contribution < 1.29 is 4.74 Å². The van der Waals surface area contributed by atoms with Crippen LogP contribution in [0, 0.1) is 0 Å². The molecular weight excluding hydrogens is 174 g/mol. The summed E-state index contributed by atoms with van der Waals surface area (Å²) in [6, 6.07) is 6.20. The predicted octanol–water partition coefficient (Wildman–Crippen LogP) is 1.85. The molecule has 14 heavy (non-hydrogen) atoms. The smallest absolute Gasteiger partial charge is 0.122 e. The van der Waals surface area contributed by atoms with Crippen LogP contribution in [-0.4, -0.2) is 20.7 Å². The van der Waals surface area contributed by atoms with Crippen molar-refractivity contribution >= 4 is 6.08 Å². The van der Waals surface area contributed by atoms with Crippen molar-refractivity contribution in [1.29, 1.82) is 0 Å². The number of hydrogen-bond donors (Lipinski definition) is 1. The van der Waals surface area contributed by atoms with E-state index in [2.05, 4.69) is 17.5 Å². The van der Waals surface area contributed by atoms with E-state index in [1.165, 1.54) is 16.7 Å². The number of rotatable bonds is 3. The standard InChI is InChI=1S/C12H15NO/c1-13-8-9-6-10-4-3-5-12(14-2)11(10)7-9/h3-6,13H,7-8H2,1-2H3. The summed E-state index contributed by atoms with van der Waals surface area (Å²) in [5.41, 5.74) is 4.04. The number of fused-ring (bicyclic) bond motifs is 1. The van der Waals surface area contributed by atoms with E-state index in [0.717, 1.165) is 18.7 Å². The maximum atomic E-state index is 5.33. The molecule has 1 aromatic rings. The fraction of sp³-hybridized carbons (Fsp3) is 0.333. The van der Waals surface area contributed by atoms with Gasteiger partial charge >= 0.3 is 0 Å². The maximum absolute atomic E-state index is 5.33. The van der Waals surface area contributed by atoms with E-state index in [1.807, 2.05) is 19.2 Å². The van der Waals surface area contributed by atoms with Crippen molar-refractivity contribution in [2.24, 2.45) is 0 Å². The molecule has 1 aromatic carbocycles. The molecule has 2 heteroatoms. The maximum Gasteiger partial charge on any atom is 0.122 e. The predicted molar refractivity (Wildman–Crippen MR) is 58.6 cm³/mol. The Morgan fingerprint density at radius 3 is 3.00 bits per heavy atom. The number of methoxy groups -OCH3 is 1. The highest BCUT2D eigenvalue weighted by atomic mass is 16.5. The van der Waals surface area contributed by atoms with Crippen molar-refractivity contribution in [1.82, 2.24) is 5.32 Å². The molecule has 1 N–H and O–H groups in total. The highest BCUT2D eigenvalue weighted by Gasteiger charge is 2.15. The first kappa shape index (κ1) is 9.28. The molecule has 0 saturated heterocycles. The monoisotopic (exact) mass is 189 g/mol. The summed E-state index contributed by atoms with van der Waals surface area (Å²) in [5.74, 6) is 1.00. The summed E-state index contributed by atoms with van der Waals surface area (Å²) >= 11 is 0. The van der Waals surface area contributed by atoms with E-state index in [-0.39, 0.29) is 0 Å². The largest absolute Gasteiger partial charge is 0.496 e. The Morgan fingerprint density at radius 2 is 2.29 bits per heavy atom. The molecule has 74 valence electrons. The van der Waals surface area contributed by atoms with E-state index in [9.17, 15) is 0 Å². The summed E-state index contributed by atoms with van der Waals surface area (Å²) in [6.07, 6.45) is 3.26. The zero-order chi connectivity index (χ0) is 9.97. The number of benzene rings is 1. The normalized spacial score (nSPS) is 13.7. The minimum absolute atomic E-state index is 0.956. The van der Waals surface area contributed by atoms with Gasteiger partial charge in [-0.25, -0.2) is 0 Å². The molecule has 1 aliphatic rings. The number of hydrogen-bond acceptors (Lipinski definition) is 2. The van der Waals surface area contributed by atoms with Gasteiger partial charge in [0.25, 0.3) is 0 Å². The lowest BCUT2D eigenvalue weighted by Gasteiger charge is -2.06. The van der Waals surface area contributed by atoms with Crippen molar-refractivity contribution in [3.05, 3.63) is 34.9 Å². The molecule has 1 aliphatic carbocycles. The van der Waals surface area contributed by atoms with Gasteiger partial charge in [0, 0.05) is 12.1 Å². The second-order valence-electron chi connectivity index (χ2n) is 3.54.